The lowest BCUT2D eigenvalue weighted by Gasteiger charge is -2.35. The van der Waals surface area contributed by atoms with Gasteiger partial charge in [0.05, 0.1) is 0 Å². The maximum absolute atomic E-state index is 12.1. The van der Waals surface area contributed by atoms with Gasteiger partial charge in [-0.3, -0.25) is 4.79 Å². The zero-order chi connectivity index (χ0) is 13.0. The number of hydrogen-bond donors (Lipinski definition) is 2. The lowest BCUT2D eigenvalue weighted by Crippen LogP contribution is -2.44. The Morgan fingerprint density at radius 3 is 2.72 bits per heavy atom. The van der Waals surface area contributed by atoms with Crippen molar-refractivity contribution in [2.45, 2.75) is 58.4 Å². The molecule has 2 aliphatic rings. The Labute approximate surface area is 111 Å². The second-order valence-corrected chi connectivity index (χ2v) is 6.43. The van der Waals surface area contributed by atoms with E-state index in [-0.39, 0.29) is 5.91 Å². The second-order valence-electron chi connectivity index (χ2n) is 6.43. The van der Waals surface area contributed by atoms with Crippen LogP contribution in [-0.2, 0) is 4.79 Å². The number of nitrogens with one attached hydrogen (secondary N) is 2. The van der Waals surface area contributed by atoms with Crippen LogP contribution in [0.5, 0.6) is 0 Å². The zero-order valence-corrected chi connectivity index (χ0v) is 11.9. The number of carbonyl (C=O) groups is 1. The first-order valence-corrected chi connectivity index (χ1v) is 7.67. The predicted molar refractivity (Wildman–Crippen MR) is 74.3 cm³/mol. The van der Waals surface area contributed by atoms with Crippen LogP contribution in [0.1, 0.15) is 52.4 Å². The van der Waals surface area contributed by atoms with E-state index in [4.69, 9.17) is 0 Å². The molecule has 3 nitrogen and oxygen atoms in total. The van der Waals surface area contributed by atoms with Crippen LogP contribution in [0, 0.1) is 17.8 Å². The summed E-state index contributed by atoms with van der Waals surface area (Å²) < 4.78 is 0. The SMILES string of the molecule is CC(C)C1CCCCC1NC(=O)CC1CCNC1. The smallest absolute Gasteiger partial charge is 0.220 e. The summed E-state index contributed by atoms with van der Waals surface area (Å²) in [6.45, 7) is 6.67. The van der Waals surface area contributed by atoms with Crippen molar-refractivity contribution in [3.8, 4) is 0 Å². The average molecular weight is 252 g/mol. The van der Waals surface area contributed by atoms with Crippen LogP contribution in [0.4, 0.5) is 0 Å². The van der Waals surface area contributed by atoms with Gasteiger partial charge in [-0.15, -0.1) is 0 Å². The molecule has 0 spiro atoms. The summed E-state index contributed by atoms with van der Waals surface area (Å²) in [6.07, 6.45) is 6.95. The van der Waals surface area contributed by atoms with Crippen LogP contribution in [0.3, 0.4) is 0 Å². The molecule has 2 rings (SSSR count). The molecule has 2 N–H and O–H groups in total. The molecule has 0 aromatic rings. The largest absolute Gasteiger partial charge is 0.353 e. The van der Waals surface area contributed by atoms with Crippen LogP contribution >= 0.6 is 0 Å². The van der Waals surface area contributed by atoms with Gasteiger partial charge in [0.1, 0.15) is 0 Å². The van der Waals surface area contributed by atoms with Crippen molar-refractivity contribution >= 4 is 5.91 Å². The Kier molecular flexibility index (Phi) is 5.04. The van der Waals surface area contributed by atoms with E-state index in [9.17, 15) is 4.79 Å². The quantitative estimate of drug-likeness (QED) is 0.806. The van der Waals surface area contributed by atoms with Gasteiger partial charge in [0.2, 0.25) is 5.91 Å². The molecular formula is C15H28N2O. The third kappa shape index (κ3) is 3.71. The maximum atomic E-state index is 12.1. The summed E-state index contributed by atoms with van der Waals surface area (Å²) in [5.41, 5.74) is 0. The topological polar surface area (TPSA) is 41.1 Å². The van der Waals surface area contributed by atoms with Crippen molar-refractivity contribution in [1.82, 2.24) is 10.6 Å². The third-order valence-electron chi connectivity index (χ3n) is 4.66. The minimum absolute atomic E-state index is 0.279. The summed E-state index contributed by atoms with van der Waals surface area (Å²) >= 11 is 0. The molecule has 18 heavy (non-hydrogen) atoms. The lowest BCUT2D eigenvalue weighted by molar-refractivity contribution is -0.123. The first kappa shape index (κ1) is 13.9. The van der Waals surface area contributed by atoms with E-state index in [0.29, 0.717) is 30.2 Å². The van der Waals surface area contributed by atoms with E-state index >= 15 is 0 Å². The van der Waals surface area contributed by atoms with E-state index in [1.807, 2.05) is 0 Å². The third-order valence-corrected chi connectivity index (χ3v) is 4.66. The molecule has 1 amide bonds. The van der Waals surface area contributed by atoms with E-state index in [2.05, 4.69) is 24.5 Å². The van der Waals surface area contributed by atoms with E-state index in [0.717, 1.165) is 19.5 Å². The van der Waals surface area contributed by atoms with Crippen molar-refractivity contribution in [3.05, 3.63) is 0 Å². The minimum Gasteiger partial charge on any atom is -0.353 e. The molecule has 3 atom stereocenters. The molecule has 0 radical (unpaired) electrons. The minimum atomic E-state index is 0.279. The van der Waals surface area contributed by atoms with Crippen molar-refractivity contribution < 1.29 is 4.79 Å². The molecule has 1 saturated carbocycles. The molecular weight excluding hydrogens is 224 g/mol. The fraction of sp³-hybridized carbons (Fsp3) is 0.933. The fourth-order valence-electron chi connectivity index (χ4n) is 3.55. The van der Waals surface area contributed by atoms with Crippen LogP contribution in [0.15, 0.2) is 0 Å². The van der Waals surface area contributed by atoms with E-state index in [1.165, 1.54) is 25.7 Å². The van der Waals surface area contributed by atoms with Crippen LogP contribution in [0.25, 0.3) is 0 Å². The Morgan fingerprint density at radius 2 is 2.06 bits per heavy atom. The van der Waals surface area contributed by atoms with Crippen LogP contribution < -0.4 is 10.6 Å². The molecule has 104 valence electrons. The number of carbonyl (C=O) groups excluding carboxylic acids is 1. The number of hydrogen-bond acceptors (Lipinski definition) is 2. The van der Waals surface area contributed by atoms with Gasteiger partial charge in [0, 0.05) is 12.5 Å². The number of amides is 1. The highest BCUT2D eigenvalue weighted by Gasteiger charge is 2.29. The van der Waals surface area contributed by atoms with Gasteiger partial charge in [-0.05, 0) is 50.1 Å². The van der Waals surface area contributed by atoms with Crippen LogP contribution in [-0.4, -0.2) is 25.0 Å². The molecule has 3 unspecified atom stereocenters. The summed E-state index contributed by atoms with van der Waals surface area (Å²) in [6, 6.07) is 0.431. The van der Waals surface area contributed by atoms with Gasteiger partial charge < -0.3 is 10.6 Å². The van der Waals surface area contributed by atoms with Crippen LogP contribution in [0.2, 0.25) is 0 Å². The highest BCUT2D eigenvalue weighted by molar-refractivity contribution is 5.76. The molecule has 1 aliphatic heterocycles. The number of rotatable bonds is 4. The Morgan fingerprint density at radius 1 is 1.28 bits per heavy atom. The Hall–Kier alpha value is -0.570. The molecule has 0 aromatic heterocycles. The van der Waals surface area contributed by atoms with Gasteiger partial charge in [-0.1, -0.05) is 26.7 Å². The summed E-state index contributed by atoms with van der Waals surface area (Å²) in [7, 11) is 0. The van der Waals surface area contributed by atoms with Crippen molar-refractivity contribution in [3.63, 3.8) is 0 Å². The monoisotopic (exact) mass is 252 g/mol. The lowest BCUT2D eigenvalue weighted by atomic mass is 9.78. The standard InChI is InChI=1S/C15H28N2O/c1-11(2)13-5-3-4-6-14(13)17-15(18)9-12-7-8-16-10-12/h11-14,16H,3-10H2,1-2H3,(H,17,18). The van der Waals surface area contributed by atoms with E-state index in [1.54, 1.807) is 0 Å². The van der Waals surface area contributed by atoms with Gasteiger partial charge in [0.25, 0.3) is 0 Å². The normalized spacial score (nSPS) is 32.7. The molecule has 1 heterocycles. The summed E-state index contributed by atoms with van der Waals surface area (Å²) in [4.78, 5) is 12.1. The van der Waals surface area contributed by atoms with Crippen molar-refractivity contribution in [2.75, 3.05) is 13.1 Å². The zero-order valence-electron chi connectivity index (χ0n) is 11.9. The predicted octanol–water partition coefficient (Wildman–Crippen LogP) is 2.32. The highest BCUT2D eigenvalue weighted by Crippen LogP contribution is 2.30. The van der Waals surface area contributed by atoms with Gasteiger partial charge in [-0.2, -0.15) is 0 Å². The van der Waals surface area contributed by atoms with Crippen molar-refractivity contribution in [2.24, 2.45) is 17.8 Å². The van der Waals surface area contributed by atoms with Gasteiger partial charge >= 0.3 is 0 Å². The molecule has 3 heteroatoms. The molecule has 1 saturated heterocycles. The van der Waals surface area contributed by atoms with Crippen molar-refractivity contribution in [1.29, 1.82) is 0 Å². The first-order valence-electron chi connectivity index (χ1n) is 7.67. The molecule has 0 bridgehead atoms. The average Bonchev–Trinajstić information content (AvgIpc) is 2.82. The Balaban J connectivity index is 1.80. The first-order chi connectivity index (χ1) is 8.66. The van der Waals surface area contributed by atoms with Gasteiger partial charge in [-0.25, -0.2) is 0 Å². The van der Waals surface area contributed by atoms with Gasteiger partial charge in [0.15, 0.2) is 0 Å². The summed E-state index contributed by atoms with van der Waals surface area (Å²) in [5.74, 6) is 2.21. The maximum Gasteiger partial charge on any atom is 0.220 e. The van der Waals surface area contributed by atoms with E-state index < -0.39 is 0 Å². The Bertz CT molecular complexity index is 272. The fourth-order valence-corrected chi connectivity index (χ4v) is 3.55. The highest BCUT2D eigenvalue weighted by atomic mass is 16.1. The molecule has 2 fully saturated rings. The second kappa shape index (κ2) is 6.55. The summed E-state index contributed by atoms with van der Waals surface area (Å²) in [5, 5.41) is 6.64. The molecule has 1 aliphatic carbocycles. The molecule has 0 aromatic carbocycles.